The highest BCUT2D eigenvalue weighted by molar-refractivity contribution is 4.40. The highest BCUT2D eigenvalue weighted by Crippen LogP contribution is 1.92. The fourth-order valence-electron chi connectivity index (χ4n) is 0.525. The lowest BCUT2D eigenvalue weighted by atomic mass is 10.2. The standard InChI is InChI=1S/C6H14NO/c1-8-6-4-2-3-5-7/h1-7H2. The van der Waals surface area contributed by atoms with Crippen LogP contribution in [0.4, 0.5) is 0 Å². The van der Waals surface area contributed by atoms with Crippen molar-refractivity contribution in [2.24, 2.45) is 5.73 Å². The van der Waals surface area contributed by atoms with Crippen LogP contribution in [0.25, 0.3) is 0 Å². The lowest BCUT2D eigenvalue weighted by molar-refractivity contribution is 0.234. The monoisotopic (exact) mass is 116 g/mol. The lowest BCUT2D eigenvalue weighted by Gasteiger charge is -1.95. The summed E-state index contributed by atoms with van der Waals surface area (Å²) in [7, 11) is 3.25. The molecule has 2 heteroatoms. The highest BCUT2D eigenvalue weighted by atomic mass is 16.5. The molecule has 0 saturated carbocycles. The summed E-state index contributed by atoms with van der Waals surface area (Å²) in [6.07, 6.45) is 3.34. The Morgan fingerprint density at radius 2 is 2.00 bits per heavy atom. The van der Waals surface area contributed by atoms with Crippen molar-refractivity contribution in [3.63, 3.8) is 0 Å². The minimum absolute atomic E-state index is 0.764. The molecule has 0 heterocycles. The first-order valence-corrected chi connectivity index (χ1v) is 2.99. The minimum Gasteiger partial charge on any atom is -0.379 e. The number of rotatable bonds is 5. The van der Waals surface area contributed by atoms with E-state index in [1.54, 1.807) is 0 Å². The van der Waals surface area contributed by atoms with Gasteiger partial charge in [-0.15, -0.1) is 0 Å². The Kier molecular flexibility index (Phi) is 6.85. The van der Waals surface area contributed by atoms with Gasteiger partial charge in [0.1, 0.15) is 0 Å². The summed E-state index contributed by atoms with van der Waals surface area (Å²) in [5.41, 5.74) is 5.25. The molecule has 0 saturated heterocycles. The topological polar surface area (TPSA) is 35.2 Å². The minimum atomic E-state index is 0.764. The number of hydrogen-bond donors (Lipinski definition) is 1. The molecule has 0 spiro atoms. The van der Waals surface area contributed by atoms with Gasteiger partial charge in [0.05, 0.1) is 7.11 Å². The van der Waals surface area contributed by atoms with E-state index >= 15 is 0 Å². The zero-order chi connectivity index (χ0) is 6.24. The molecule has 0 aromatic heterocycles. The smallest absolute Gasteiger partial charge is 0.0700 e. The van der Waals surface area contributed by atoms with Crippen LogP contribution >= 0.6 is 0 Å². The fourth-order valence-corrected chi connectivity index (χ4v) is 0.525. The molecular weight excluding hydrogens is 102 g/mol. The van der Waals surface area contributed by atoms with Crippen LogP contribution in [-0.4, -0.2) is 13.2 Å². The molecule has 0 aliphatic rings. The second-order valence-corrected chi connectivity index (χ2v) is 1.76. The van der Waals surface area contributed by atoms with Crippen LogP contribution in [0.1, 0.15) is 19.3 Å². The largest absolute Gasteiger partial charge is 0.379 e. The molecule has 0 atom stereocenters. The number of hydrogen-bond acceptors (Lipinski definition) is 2. The quantitative estimate of drug-likeness (QED) is 0.542. The van der Waals surface area contributed by atoms with Crippen LogP contribution in [0.2, 0.25) is 0 Å². The summed E-state index contributed by atoms with van der Waals surface area (Å²) in [4.78, 5) is 0. The van der Waals surface area contributed by atoms with E-state index in [0.717, 1.165) is 32.4 Å². The molecule has 1 radical (unpaired) electrons. The van der Waals surface area contributed by atoms with Crippen LogP contribution in [0.15, 0.2) is 0 Å². The number of nitrogens with two attached hydrogens (primary N) is 1. The highest BCUT2D eigenvalue weighted by Gasteiger charge is 1.83. The normalized spacial score (nSPS) is 9.75. The van der Waals surface area contributed by atoms with E-state index in [0.29, 0.717) is 0 Å². The van der Waals surface area contributed by atoms with Crippen molar-refractivity contribution in [1.82, 2.24) is 0 Å². The number of unbranched alkanes of at least 4 members (excludes halogenated alkanes) is 2. The molecule has 0 aromatic rings. The van der Waals surface area contributed by atoms with Gasteiger partial charge in [-0.05, 0) is 25.8 Å². The van der Waals surface area contributed by atoms with Gasteiger partial charge in [0.25, 0.3) is 0 Å². The van der Waals surface area contributed by atoms with Crippen molar-refractivity contribution in [3.05, 3.63) is 7.11 Å². The van der Waals surface area contributed by atoms with Gasteiger partial charge >= 0.3 is 0 Å². The molecular formula is C6H14NO. The first-order chi connectivity index (χ1) is 3.91. The van der Waals surface area contributed by atoms with Crippen molar-refractivity contribution in [3.8, 4) is 0 Å². The maximum absolute atomic E-state index is 5.25. The second kappa shape index (κ2) is 6.92. The number of ether oxygens (including phenoxy) is 1. The van der Waals surface area contributed by atoms with Gasteiger partial charge in [-0.25, -0.2) is 0 Å². The maximum atomic E-state index is 5.25. The molecule has 2 nitrogen and oxygen atoms in total. The maximum Gasteiger partial charge on any atom is 0.0700 e. The van der Waals surface area contributed by atoms with Crippen LogP contribution in [0.5, 0.6) is 0 Å². The van der Waals surface area contributed by atoms with E-state index in [4.69, 9.17) is 5.73 Å². The van der Waals surface area contributed by atoms with Gasteiger partial charge in [-0.1, -0.05) is 0 Å². The molecule has 2 N–H and O–H groups in total. The lowest BCUT2D eigenvalue weighted by Crippen LogP contribution is -1.98. The summed E-state index contributed by atoms with van der Waals surface area (Å²) >= 11 is 0. The third kappa shape index (κ3) is 5.92. The summed E-state index contributed by atoms with van der Waals surface area (Å²) in [5.74, 6) is 0. The Morgan fingerprint density at radius 3 is 2.50 bits per heavy atom. The van der Waals surface area contributed by atoms with Gasteiger partial charge in [0, 0.05) is 6.61 Å². The molecule has 8 heavy (non-hydrogen) atoms. The Labute approximate surface area is 51.0 Å². The van der Waals surface area contributed by atoms with E-state index in [1.807, 2.05) is 0 Å². The second-order valence-electron chi connectivity index (χ2n) is 1.76. The van der Waals surface area contributed by atoms with E-state index in [1.165, 1.54) is 0 Å². The SMILES string of the molecule is [CH2]OCCCCCN. The summed E-state index contributed by atoms with van der Waals surface area (Å²) in [6, 6.07) is 0. The average Bonchev–Trinajstić information content (AvgIpc) is 1.81. The van der Waals surface area contributed by atoms with Crippen LogP contribution < -0.4 is 5.73 Å². The molecule has 0 bridgehead atoms. The van der Waals surface area contributed by atoms with Crippen molar-refractivity contribution in [2.75, 3.05) is 13.2 Å². The molecule has 0 fully saturated rings. The molecule has 0 aliphatic carbocycles. The van der Waals surface area contributed by atoms with E-state index in [9.17, 15) is 0 Å². The molecule has 0 aromatic carbocycles. The van der Waals surface area contributed by atoms with Gasteiger partial charge in [-0.3, -0.25) is 0 Å². The summed E-state index contributed by atoms with van der Waals surface area (Å²) in [5, 5.41) is 0. The van der Waals surface area contributed by atoms with Crippen LogP contribution in [-0.2, 0) is 4.74 Å². The predicted molar refractivity (Wildman–Crippen MR) is 34.2 cm³/mol. The average molecular weight is 116 g/mol. The third-order valence-corrected chi connectivity index (χ3v) is 0.993. The van der Waals surface area contributed by atoms with Gasteiger partial charge < -0.3 is 10.5 Å². The zero-order valence-electron chi connectivity index (χ0n) is 5.23. The molecule has 49 valence electrons. The van der Waals surface area contributed by atoms with Crippen molar-refractivity contribution < 1.29 is 4.74 Å². The van der Waals surface area contributed by atoms with Crippen molar-refractivity contribution in [2.45, 2.75) is 19.3 Å². The fraction of sp³-hybridized carbons (Fsp3) is 0.833. The van der Waals surface area contributed by atoms with Crippen molar-refractivity contribution in [1.29, 1.82) is 0 Å². The summed E-state index contributed by atoms with van der Waals surface area (Å²) in [6.45, 7) is 1.55. The van der Waals surface area contributed by atoms with Crippen LogP contribution in [0.3, 0.4) is 0 Å². The van der Waals surface area contributed by atoms with Gasteiger partial charge in [-0.2, -0.15) is 0 Å². The van der Waals surface area contributed by atoms with E-state index < -0.39 is 0 Å². The van der Waals surface area contributed by atoms with Crippen LogP contribution in [0, 0.1) is 7.11 Å². The first-order valence-electron chi connectivity index (χ1n) is 2.99. The first kappa shape index (κ1) is 7.92. The molecule has 0 unspecified atom stereocenters. The Balaban J connectivity index is 2.53. The zero-order valence-corrected chi connectivity index (χ0v) is 5.23. The third-order valence-electron chi connectivity index (χ3n) is 0.993. The Bertz CT molecular complexity index is 33.5. The van der Waals surface area contributed by atoms with E-state index in [2.05, 4.69) is 11.8 Å². The summed E-state index contributed by atoms with van der Waals surface area (Å²) < 4.78 is 4.60. The predicted octanol–water partition coefficient (Wildman–Crippen LogP) is 0.924. The Hall–Kier alpha value is -0.0800. The van der Waals surface area contributed by atoms with Gasteiger partial charge in [0.2, 0.25) is 0 Å². The molecule has 0 rings (SSSR count). The van der Waals surface area contributed by atoms with Crippen molar-refractivity contribution >= 4 is 0 Å². The molecule has 0 aliphatic heterocycles. The Morgan fingerprint density at radius 1 is 1.25 bits per heavy atom. The molecule has 0 amide bonds. The van der Waals surface area contributed by atoms with E-state index in [-0.39, 0.29) is 0 Å². The van der Waals surface area contributed by atoms with Gasteiger partial charge in [0.15, 0.2) is 0 Å².